The van der Waals surface area contributed by atoms with Gasteiger partial charge in [0, 0.05) is 25.8 Å². The van der Waals surface area contributed by atoms with Crippen molar-refractivity contribution in [1.82, 2.24) is 5.32 Å². The second-order valence-corrected chi connectivity index (χ2v) is 5.01. The van der Waals surface area contributed by atoms with E-state index in [9.17, 15) is 4.79 Å². The minimum atomic E-state index is 0.0348. The van der Waals surface area contributed by atoms with E-state index in [0.29, 0.717) is 6.42 Å². The maximum Gasteiger partial charge on any atom is 0.224 e. The Morgan fingerprint density at radius 3 is 2.90 bits per heavy atom. The molecule has 0 fully saturated rings. The molecule has 1 unspecified atom stereocenters. The quantitative estimate of drug-likeness (QED) is 0.683. The van der Waals surface area contributed by atoms with Gasteiger partial charge in [0.15, 0.2) is 0 Å². The predicted molar refractivity (Wildman–Crippen MR) is 82.8 cm³/mol. The molecule has 0 aliphatic heterocycles. The standard InChI is InChI=1S/C16H26N2O2/c1-4-10-17-12-14-6-5-7-15(11-14)18-16(19)9-8-13(2)20-3/h5-7,11,13,17H,4,8-10,12H2,1-3H3,(H,18,19). The van der Waals surface area contributed by atoms with Crippen molar-refractivity contribution in [2.75, 3.05) is 19.0 Å². The van der Waals surface area contributed by atoms with E-state index in [0.717, 1.165) is 31.6 Å². The predicted octanol–water partition coefficient (Wildman–Crippen LogP) is 2.94. The Kier molecular flexibility index (Phi) is 7.92. The molecule has 0 aliphatic rings. The average molecular weight is 278 g/mol. The number of rotatable bonds is 9. The van der Waals surface area contributed by atoms with E-state index in [1.807, 2.05) is 25.1 Å². The summed E-state index contributed by atoms with van der Waals surface area (Å²) in [6.07, 6.45) is 2.45. The number of carbonyl (C=O) groups is 1. The fourth-order valence-electron chi connectivity index (χ4n) is 1.84. The second kappa shape index (κ2) is 9.50. The molecule has 1 amide bonds. The third-order valence-electron chi connectivity index (χ3n) is 3.15. The number of methoxy groups -OCH3 is 1. The summed E-state index contributed by atoms with van der Waals surface area (Å²) < 4.78 is 5.14. The molecule has 1 atom stereocenters. The molecule has 0 aliphatic carbocycles. The van der Waals surface area contributed by atoms with Crippen LogP contribution in [0.4, 0.5) is 5.69 Å². The van der Waals surface area contributed by atoms with E-state index >= 15 is 0 Å². The fraction of sp³-hybridized carbons (Fsp3) is 0.562. The van der Waals surface area contributed by atoms with Crippen LogP contribution in [-0.2, 0) is 16.1 Å². The highest BCUT2D eigenvalue weighted by Crippen LogP contribution is 2.12. The van der Waals surface area contributed by atoms with Gasteiger partial charge in [0.05, 0.1) is 6.10 Å². The molecule has 4 nitrogen and oxygen atoms in total. The van der Waals surface area contributed by atoms with Crippen molar-refractivity contribution >= 4 is 11.6 Å². The van der Waals surface area contributed by atoms with Gasteiger partial charge in [-0.25, -0.2) is 0 Å². The summed E-state index contributed by atoms with van der Waals surface area (Å²) in [7, 11) is 1.66. The van der Waals surface area contributed by atoms with Crippen LogP contribution in [0.5, 0.6) is 0 Å². The van der Waals surface area contributed by atoms with Gasteiger partial charge in [0.25, 0.3) is 0 Å². The monoisotopic (exact) mass is 278 g/mol. The van der Waals surface area contributed by atoms with E-state index in [1.165, 1.54) is 5.56 Å². The molecule has 4 heteroatoms. The number of benzene rings is 1. The van der Waals surface area contributed by atoms with Crippen molar-refractivity contribution in [3.63, 3.8) is 0 Å². The lowest BCUT2D eigenvalue weighted by molar-refractivity contribution is -0.116. The maximum atomic E-state index is 11.8. The third-order valence-corrected chi connectivity index (χ3v) is 3.15. The van der Waals surface area contributed by atoms with Gasteiger partial charge in [0.2, 0.25) is 5.91 Å². The average Bonchev–Trinajstić information content (AvgIpc) is 2.45. The summed E-state index contributed by atoms with van der Waals surface area (Å²) in [5.41, 5.74) is 2.04. The first-order chi connectivity index (χ1) is 9.65. The summed E-state index contributed by atoms with van der Waals surface area (Å²) in [6, 6.07) is 7.96. The van der Waals surface area contributed by atoms with Crippen LogP contribution in [0.15, 0.2) is 24.3 Å². The molecular weight excluding hydrogens is 252 g/mol. The molecule has 0 bridgehead atoms. The largest absolute Gasteiger partial charge is 0.382 e. The van der Waals surface area contributed by atoms with Crippen molar-refractivity contribution in [2.45, 2.75) is 45.8 Å². The van der Waals surface area contributed by atoms with Gasteiger partial charge in [-0.05, 0) is 44.0 Å². The summed E-state index contributed by atoms with van der Waals surface area (Å²) in [6.45, 7) is 5.95. The van der Waals surface area contributed by atoms with Crippen molar-refractivity contribution in [3.8, 4) is 0 Å². The van der Waals surface area contributed by atoms with Crippen LogP contribution in [0.2, 0.25) is 0 Å². The summed E-state index contributed by atoms with van der Waals surface area (Å²) in [5.74, 6) is 0.0348. The molecule has 1 aromatic carbocycles. The van der Waals surface area contributed by atoms with Crippen LogP contribution in [0.1, 0.15) is 38.7 Å². The molecule has 0 saturated carbocycles. The summed E-state index contributed by atoms with van der Waals surface area (Å²) in [5, 5.41) is 6.28. The highest BCUT2D eigenvalue weighted by Gasteiger charge is 2.06. The number of amides is 1. The number of hydrogen-bond acceptors (Lipinski definition) is 3. The lowest BCUT2D eigenvalue weighted by Crippen LogP contribution is -2.16. The Bertz CT molecular complexity index is 407. The van der Waals surface area contributed by atoms with Gasteiger partial charge in [-0.1, -0.05) is 19.1 Å². The van der Waals surface area contributed by atoms with Crippen LogP contribution < -0.4 is 10.6 Å². The van der Waals surface area contributed by atoms with Gasteiger partial charge < -0.3 is 15.4 Å². The van der Waals surface area contributed by atoms with Gasteiger partial charge >= 0.3 is 0 Å². The zero-order chi connectivity index (χ0) is 14.8. The van der Waals surface area contributed by atoms with Crippen LogP contribution >= 0.6 is 0 Å². The van der Waals surface area contributed by atoms with E-state index < -0.39 is 0 Å². The summed E-state index contributed by atoms with van der Waals surface area (Å²) in [4.78, 5) is 11.8. The number of anilines is 1. The topological polar surface area (TPSA) is 50.4 Å². The van der Waals surface area contributed by atoms with Gasteiger partial charge in [0.1, 0.15) is 0 Å². The molecule has 0 radical (unpaired) electrons. The lowest BCUT2D eigenvalue weighted by atomic mass is 10.1. The number of carbonyl (C=O) groups excluding carboxylic acids is 1. The van der Waals surface area contributed by atoms with Crippen LogP contribution in [0.25, 0.3) is 0 Å². The highest BCUT2D eigenvalue weighted by atomic mass is 16.5. The Balaban J connectivity index is 2.42. The Hall–Kier alpha value is -1.39. The first kappa shape index (κ1) is 16.7. The van der Waals surface area contributed by atoms with E-state index in [2.05, 4.69) is 23.6 Å². The third kappa shape index (κ3) is 6.68. The Labute approximate surface area is 121 Å². The molecule has 1 aromatic rings. The van der Waals surface area contributed by atoms with Gasteiger partial charge in [-0.3, -0.25) is 4.79 Å². The van der Waals surface area contributed by atoms with E-state index in [4.69, 9.17) is 4.74 Å². The smallest absolute Gasteiger partial charge is 0.224 e. The normalized spacial score (nSPS) is 12.2. The van der Waals surface area contributed by atoms with Gasteiger partial charge in [-0.15, -0.1) is 0 Å². The van der Waals surface area contributed by atoms with Crippen molar-refractivity contribution in [2.24, 2.45) is 0 Å². The molecule has 2 N–H and O–H groups in total. The van der Waals surface area contributed by atoms with Crippen LogP contribution in [0.3, 0.4) is 0 Å². The van der Waals surface area contributed by atoms with Gasteiger partial charge in [-0.2, -0.15) is 0 Å². The van der Waals surface area contributed by atoms with Crippen LogP contribution in [-0.4, -0.2) is 25.7 Å². The zero-order valence-corrected chi connectivity index (χ0v) is 12.7. The number of nitrogens with one attached hydrogen (secondary N) is 2. The molecule has 1 rings (SSSR count). The molecule has 0 aromatic heterocycles. The molecule has 20 heavy (non-hydrogen) atoms. The minimum absolute atomic E-state index is 0.0348. The molecule has 112 valence electrons. The Morgan fingerprint density at radius 2 is 2.20 bits per heavy atom. The first-order valence-electron chi connectivity index (χ1n) is 7.28. The molecule has 0 spiro atoms. The molecule has 0 heterocycles. The fourth-order valence-corrected chi connectivity index (χ4v) is 1.84. The second-order valence-electron chi connectivity index (χ2n) is 5.01. The molecule has 0 saturated heterocycles. The number of hydrogen-bond donors (Lipinski definition) is 2. The maximum absolute atomic E-state index is 11.8. The van der Waals surface area contributed by atoms with Crippen molar-refractivity contribution in [1.29, 1.82) is 0 Å². The molecular formula is C16H26N2O2. The zero-order valence-electron chi connectivity index (χ0n) is 12.7. The summed E-state index contributed by atoms with van der Waals surface area (Å²) >= 11 is 0. The first-order valence-corrected chi connectivity index (χ1v) is 7.28. The SMILES string of the molecule is CCCNCc1cccc(NC(=O)CCC(C)OC)c1. The van der Waals surface area contributed by atoms with Crippen molar-refractivity contribution < 1.29 is 9.53 Å². The van der Waals surface area contributed by atoms with Crippen LogP contribution in [0, 0.1) is 0 Å². The highest BCUT2D eigenvalue weighted by molar-refractivity contribution is 5.90. The number of ether oxygens (including phenoxy) is 1. The lowest BCUT2D eigenvalue weighted by Gasteiger charge is -2.10. The van der Waals surface area contributed by atoms with E-state index in [-0.39, 0.29) is 12.0 Å². The van der Waals surface area contributed by atoms with E-state index in [1.54, 1.807) is 7.11 Å². The van der Waals surface area contributed by atoms with Crippen molar-refractivity contribution in [3.05, 3.63) is 29.8 Å². The minimum Gasteiger partial charge on any atom is -0.382 e. The Morgan fingerprint density at radius 1 is 1.40 bits per heavy atom.